The number of aryl methyl sites for hydroxylation is 1. The van der Waals surface area contributed by atoms with Crippen LogP contribution in [0.5, 0.6) is 5.75 Å². The molecule has 0 aliphatic heterocycles. The predicted molar refractivity (Wildman–Crippen MR) is 120 cm³/mol. The summed E-state index contributed by atoms with van der Waals surface area (Å²) < 4.78 is 48.1. The lowest BCUT2D eigenvalue weighted by Gasteiger charge is -2.12. The molecule has 10 nitrogen and oxygen atoms in total. The Morgan fingerprint density at radius 1 is 1.11 bits per heavy atom. The molecule has 0 saturated heterocycles. The Morgan fingerprint density at radius 2 is 1.83 bits per heavy atom. The van der Waals surface area contributed by atoms with Crippen molar-refractivity contribution < 1.29 is 27.1 Å². The second-order valence-electron chi connectivity index (χ2n) is 7.14. The Kier molecular flexibility index (Phi) is 6.39. The lowest BCUT2D eigenvalue weighted by Crippen LogP contribution is -2.37. The molecule has 14 heteroatoms. The van der Waals surface area contributed by atoms with Crippen LogP contribution in [0.15, 0.2) is 61.7 Å². The first-order valence-electron chi connectivity index (χ1n) is 9.83. The van der Waals surface area contributed by atoms with Crippen molar-refractivity contribution in [3.8, 4) is 17.3 Å². The van der Waals surface area contributed by atoms with Gasteiger partial charge in [0.05, 0.1) is 12.0 Å². The van der Waals surface area contributed by atoms with Crippen molar-refractivity contribution in [3.05, 3.63) is 63.5 Å². The number of thioether (sulfide) groups is 1. The second kappa shape index (κ2) is 9.29. The van der Waals surface area contributed by atoms with Gasteiger partial charge in [0.1, 0.15) is 16.2 Å². The Hall–Kier alpha value is -4.07. The van der Waals surface area contributed by atoms with E-state index in [2.05, 4.69) is 20.0 Å². The number of amides is 1. The summed E-state index contributed by atoms with van der Waals surface area (Å²) in [6.45, 7) is 0. The van der Waals surface area contributed by atoms with Crippen LogP contribution >= 0.6 is 11.8 Å². The number of nitrogens with zero attached hydrogens (tertiary/aromatic N) is 4. The van der Waals surface area contributed by atoms with Gasteiger partial charge in [0, 0.05) is 19.8 Å². The molecule has 0 aliphatic carbocycles. The Labute approximate surface area is 198 Å². The number of alkyl halides is 3. The molecule has 0 unspecified atom stereocenters. The van der Waals surface area contributed by atoms with Gasteiger partial charge in [-0.25, -0.2) is 14.8 Å². The quantitative estimate of drug-likeness (QED) is 0.312. The van der Waals surface area contributed by atoms with Gasteiger partial charge in [0.25, 0.3) is 5.56 Å². The lowest BCUT2D eigenvalue weighted by atomic mass is 10.3. The third kappa shape index (κ3) is 5.21. The van der Waals surface area contributed by atoms with E-state index in [1.54, 1.807) is 12.1 Å². The molecule has 0 aliphatic rings. The topological polar surface area (TPSA) is 121 Å². The highest BCUT2D eigenvalue weighted by Crippen LogP contribution is 2.27. The number of nitrogens with one attached hydrogen (secondary N) is 1. The van der Waals surface area contributed by atoms with Crippen molar-refractivity contribution in [3.63, 3.8) is 0 Å². The van der Waals surface area contributed by atoms with Gasteiger partial charge >= 0.3 is 12.1 Å². The maximum absolute atomic E-state index is 12.8. The molecule has 4 aromatic rings. The number of ether oxygens (including phenoxy) is 1. The van der Waals surface area contributed by atoms with Gasteiger partial charge < -0.3 is 14.5 Å². The number of carbonyl (C=O) groups is 1. The molecular formula is C21H16F3N5O5S. The normalized spacial score (nSPS) is 11.6. The summed E-state index contributed by atoms with van der Waals surface area (Å²) in [6.07, 6.45) is -3.41. The van der Waals surface area contributed by atoms with Gasteiger partial charge in [-0.05, 0) is 36.4 Å². The Balaban J connectivity index is 1.60. The standard InChI is InChI=1S/C21H16F3N5O5S/c1-28-17-15(19(31)29(2)20(28)32)18(27-16(26-17)13-4-3-9-33-13)35-10-14(30)25-11-5-7-12(8-6-11)34-21(22,23)24/h3-9H,10H2,1-2H3,(H,25,30). The third-order valence-corrected chi connectivity index (χ3v) is 5.70. The molecule has 3 heterocycles. The molecule has 1 N–H and O–H groups in total. The van der Waals surface area contributed by atoms with Crippen molar-refractivity contribution >= 4 is 34.4 Å². The van der Waals surface area contributed by atoms with Crippen molar-refractivity contribution in [2.75, 3.05) is 11.1 Å². The zero-order valence-corrected chi connectivity index (χ0v) is 18.9. The smallest absolute Gasteiger partial charge is 0.461 e. The van der Waals surface area contributed by atoms with Crippen LogP contribution in [0.4, 0.5) is 18.9 Å². The number of rotatable bonds is 6. The highest BCUT2D eigenvalue weighted by Gasteiger charge is 2.31. The van der Waals surface area contributed by atoms with Gasteiger partial charge in [-0.15, -0.1) is 13.2 Å². The molecule has 0 saturated carbocycles. The molecule has 1 aromatic carbocycles. The average molecular weight is 507 g/mol. The Bertz CT molecular complexity index is 1510. The fourth-order valence-electron chi connectivity index (χ4n) is 3.12. The first-order valence-corrected chi connectivity index (χ1v) is 10.8. The zero-order chi connectivity index (χ0) is 25.3. The van der Waals surface area contributed by atoms with E-state index in [9.17, 15) is 27.6 Å². The number of aromatic nitrogens is 4. The van der Waals surface area contributed by atoms with E-state index in [0.29, 0.717) is 5.76 Å². The molecule has 0 spiro atoms. The summed E-state index contributed by atoms with van der Waals surface area (Å²) in [4.78, 5) is 46.4. The SMILES string of the molecule is Cn1c(=O)c2c(SCC(=O)Nc3ccc(OC(F)(F)F)cc3)nc(-c3ccco3)nc2n(C)c1=O. The summed E-state index contributed by atoms with van der Waals surface area (Å²) in [5, 5.41) is 2.75. The average Bonchev–Trinajstić information content (AvgIpc) is 3.35. The number of hydrogen-bond donors (Lipinski definition) is 1. The molecule has 4 rings (SSSR count). The van der Waals surface area contributed by atoms with Crippen LogP contribution in [0.1, 0.15) is 0 Å². The van der Waals surface area contributed by atoms with Crippen LogP contribution < -0.4 is 21.3 Å². The van der Waals surface area contributed by atoms with E-state index in [1.807, 2.05) is 0 Å². The summed E-state index contributed by atoms with van der Waals surface area (Å²) in [5.74, 6) is -0.714. The minimum absolute atomic E-state index is 0.0522. The molecule has 182 valence electrons. The monoisotopic (exact) mass is 507 g/mol. The molecule has 3 aromatic heterocycles. The van der Waals surface area contributed by atoms with Crippen LogP contribution in [-0.4, -0.2) is 37.1 Å². The van der Waals surface area contributed by atoms with Gasteiger partial charge in [-0.1, -0.05) is 11.8 Å². The fourth-order valence-corrected chi connectivity index (χ4v) is 3.93. The van der Waals surface area contributed by atoms with E-state index in [1.165, 1.54) is 37.1 Å². The van der Waals surface area contributed by atoms with E-state index in [0.717, 1.165) is 28.5 Å². The second-order valence-corrected chi connectivity index (χ2v) is 8.11. The number of furan rings is 1. The molecule has 35 heavy (non-hydrogen) atoms. The zero-order valence-electron chi connectivity index (χ0n) is 18.1. The highest BCUT2D eigenvalue weighted by molar-refractivity contribution is 8.00. The number of anilines is 1. The molecule has 0 fully saturated rings. The van der Waals surface area contributed by atoms with Crippen LogP contribution in [0, 0.1) is 0 Å². The molecule has 0 radical (unpaired) electrons. The summed E-state index contributed by atoms with van der Waals surface area (Å²) in [6, 6.07) is 7.86. The third-order valence-electron chi connectivity index (χ3n) is 4.72. The summed E-state index contributed by atoms with van der Waals surface area (Å²) in [5.41, 5.74) is -0.898. The number of benzene rings is 1. The maximum Gasteiger partial charge on any atom is 0.573 e. The number of fused-ring (bicyclic) bond motifs is 1. The first kappa shape index (κ1) is 24.1. The minimum atomic E-state index is -4.82. The fraction of sp³-hybridized carbons (Fsp3) is 0.190. The van der Waals surface area contributed by atoms with Crippen molar-refractivity contribution in [1.29, 1.82) is 0 Å². The summed E-state index contributed by atoms with van der Waals surface area (Å²) >= 11 is 0.930. The van der Waals surface area contributed by atoms with Gasteiger partial charge in [0.2, 0.25) is 5.91 Å². The van der Waals surface area contributed by atoms with Crippen molar-refractivity contribution in [1.82, 2.24) is 19.1 Å². The van der Waals surface area contributed by atoms with Crippen LogP contribution in [0.3, 0.4) is 0 Å². The van der Waals surface area contributed by atoms with E-state index in [-0.39, 0.29) is 33.3 Å². The number of halogens is 3. The van der Waals surface area contributed by atoms with Crippen LogP contribution in [-0.2, 0) is 18.9 Å². The van der Waals surface area contributed by atoms with Crippen molar-refractivity contribution in [2.24, 2.45) is 14.1 Å². The number of hydrogen-bond acceptors (Lipinski definition) is 8. The van der Waals surface area contributed by atoms with Gasteiger partial charge in [-0.2, -0.15) is 0 Å². The molecular weight excluding hydrogens is 491 g/mol. The van der Waals surface area contributed by atoms with Crippen molar-refractivity contribution in [2.45, 2.75) is 11.4 Å². The lowest BCUT2D eigenvalue weighted by molar-refractivity contribution is -0.274. The summed E-state index contributed by atoms with van der Waals surface area (Å²) in [7, 11) is 2.77. The Morgan fingerprint density at radius 3 is 2.46 bits per heavy atom. The largest absolute Gasteiger partial charge is 0.573 e. The van der Waals surface area contributed by atoms with E-state index >= 15 is 0 Å². The van der Waals surface area contributed by atoms with Crippen LogP contribution in [0.2, 0.25) is 0 Å². The molecule has 0 bridgehead atoms. The molecule has 0 atom stereocenters. The van der Waals surface area contributed by atoms with E-state index < -0.39 is 29.3 Å². The first-order chi connectivity index (χ1) is 16.5. The maximum atomic E-state index is 12.8. The minimum Gasteiger partial charge on any atom is -0.461 e. The van der Waals surface area contributed by atoms with E-state index in [4.69, 9.17) is 4.42 Å². The van der Waals surface area contributed by atoms with Crippen LogP contribution in [0.25, 0.3) is 22.6 Å². The molecule has 1 amide bonds. The number of carbonyl (C=O) groups excluding carboxylic acids is 1. The van der Waals surface area contributed by atoms with Gasteiger partial charge in [0.15, 0.2) is 17.2 Å². The van der Waals surface area contributed by atoms with Gasteiger partial charge in [-0.3, -0.25) is 18.7 Å². The predicted octanol–water partition coefficient (Wildman–Crippen LogP) is 2.92. The highest BCUT2D eigenvalue weighted by atomic mass is 32.2.